The number of hydrogen-bond donors (Lipinski definition) is 1. The summed E-state index contributed by atoms with van der Waals surface area (Å²) in [7, 11) is 1.65. The summed E-state index contributed by atoms with van der Waals surface area (Å²) < 4.78 is 5.02. The van der Waals surface area contributed by atoms with Gasteiger partial charge in [-0.05, 0) is 19.1 Å². The zero-order chi connectivity index (χ0) is 11.3. The Kier molecular flexibility index (Phi) is 5.42. The zero-order valence-electron chi connectivity index (χ0n) is 9.44. The van der Waals surface area contributed by atoms with Gasteiger partial charge >= 0.3 is 0 Å². The van der Waals surface area contributed by atoms with Crippen molar-refractivity contribution in [2.24, 2.45) is 5.73 Å². The van der Waals surface area contributed by atoms with Crippen LogP contribution < -0.4 is 5.73 Å². The van der Waals surface area contributed by atoms with Crippen LogP contribution in [0.25, 0.3) is 0 Å². The molecule has 0 saturated carbocycles. The van der Waals surface area contributed by atoms with Crippen molar-refractivity contribution in [2.45, 2.75) is 25.4 Å². The number of nitrogens with two attached hydrogens (primary N) is 1. The molecular formula is C10H20N2O2S. The number of hydrogen-bond acceptors (Lipinski definition) is 4. The van der Waals surface area contributed by atoms with Gasteiger partial charge in [0.25, 0.3) is 0 Å². The molecule has 2 unspecified atom stereocenters. The second kappa shape index (κ2) is 6.35. The summed E-state index contributed by atoms with van der Waals surface area (Å²) in [6.07, 6.45) is 1.08. The minimum Gasteiger partial charge on any atom is -0.383 e. The molecule has 1 fully saturated rings. The summed E-state index contributed by atoms with van der Waals surface area (Å²) in [6, 6.07) is -0.0592. The molecule has 0 spiro atoms. The Balaban J connectivity index is 2.54. The van der Waals surface area contributed by atoms with Gasteiger partial charge in [0.05, 0.1) is 12.6 Å². The highest BCUT2D eigenvalue weighted by Gasteiger charge is 2.28. The van der Waals surface area contributed by atoms with E-state index in [4.69, 9.17) is 10.5 Å². The molecule has 1 amide bonds. The normalized spacial score (nSPS) is 22.7. The van der Waals surface area contributed by atoms with Crippen LogP contribution in [-0.4, -0.2) is 54.7 Å². The summed E-state index contributed by atoms with van der Waals surface area (Å²) in [4.78, 5) is 13.8. The van der Waals surface area contributed by atoms with Crippen LogP contribution in [0.1, 0.15) is 13.3 Å². The van der Waals surface area contributed by atoms with Crippen molar-refractivity contribution in [1.82, 2.24) is 4.90 Å². The lowest BCUT2D eigenvalue weighted by molar-refractivity contribution is -0.134. The van der Waals surface area contributed by atoms with Crippen LogP contribution in [0.2, 0.25) is 0 Å². The van der Waals surface area contributed by atoms with Crippen LogP contribution in [0.3, 0.4) is 0 Å². The van der Waals surface area contributed by atoms with E-state index in [9.17, 15) is 4.79 Å². The summed E-state index contributed by atoms with van der Waals surface area (Å²) >= 11 is 1.90. The molecule has 0 aromatic heterocycles. The zero-order valence-corrected chi connectivity index (χ0v) is 10.3. The molecule has 88 valence electrons. The van der Waals surface area contributed by atoms with E-state index in [1.54, 1.807) is 14.0 Å². The van der Waals surface area contributed by atoms with Gasteiger partial charge in [-0.25, -0.2) is 0 Å². The molecule has 2 N–H and O–H groups in total. The molecule has 0 radical (unpaired) electrons. The first-order valence-electron chi connectivity index (χ1n) is 5.29. The van der Waals surface area contributed by atoms with E-state index < -0.39 is 6.04 Å². The minimum absolute atomic E-state index is 0.0413. The van der Waals surface area contributed by atoms with Crippen molar-refractivity contribution in [3.63, 3.8) is 0 Å². The smallest absolute Gasteiger partial charge is 0.239 e. The fourth-order valence-corrected chi connectivity index (χ4v) is 2.92. The van der Waals surface area contributed by atoms with E-state index >= 15 is 0 Å². The van der Waals surface area contributed by atoms with Crippen molar-refractivity contribution in [2.75, 3.05) is 31.8 Å². The molecule has 1 heterocycles. The van der Waals surface area contributed by atoms with Gasteiger partial charge < -0.3 is 15.4 Å². The first-order valence-corrected chi connectivity index (χ1v) is 6.45. The highest BCUT2D eigenvalue weighted by molar-refractivity contribution is 7.99. The van der Waals surface area contributed by atoms with Crippen LogP contribution in [0.4, 0.5) is 0 Å². The monoisotopic (exact) mass is 232 g/mol. The fourth-order valence-electron chi connectivity index (χ4n) is 1.69. The van der Waals surface area contributed by atoms with Gasteiger partial charge in [-0.1, -0.05) is 0 Å². The van der Waals surface area contributed by atoms with E-state index in [2.05, 4.69) is 0 Å². The average molecular weight is 232 g/mol. The Hall–Kier alpha value is -0.260. The molecule has 1 rings (SSSR count). The van der Waals surface area contributed by atoms with Gasteiger partial charge in [0, 0.05) is 25.4 Å². The predicted molar refractivity (Wildman–Crippen MR) is 63.0 cm³/mol. The van der Waals surface area contributed by atoms with Gasteiger partial charge in [-0.2, -0.15) is 11.8 Å². The highest BCUT2D eigenvalue weighted by atomic mass is 32.2. The maximum Gasteiger partial charge on any atom is 0.239 e. The van der Waals surface area contributed by atoms with Crippen LogP contribution in [0, 0.1) is 0 Å². The number of carbonyl (C=O) groups is 1. The van der Waals surface area contributed by atoms with E-state index in [0.717, 1.165) is 17.9 Å². The van der Waals surface area contributed by atoms with Crippen molar-refractivity contribution in [3.05, 3.63) is 0 Å². The number of thioether (sulfide) groups is 1. The second-order valence-electron chi connectivity index (χ2n) is 3.83. The second-order valence-corrected chi connectivity index (χ2v) is 4.98. The van der Waals surface area contributed by atoms with Crippen LogP contribution in [0.15, 0.2) is 0 Å². The molecule has 1 aliphatic rings. The maximum atomic E-state index is 11.9. The Morgan fingerprint density at radius 3 is 2.93 bits per heavy atom. The molecule has 15 heavy (non-hydrogen) atoms. The molecule has 1 aliphatic heterocycles. The number of ether oxygens (including phenoxy) is 1. The predicted octanol–water partition coefficient (Wildman–Crippen LogP) is 0.314. The average Bonchev–Trinajstić information content (AvgIpc) is 2.71. The van der Waals surface area contributed by atoms with E-state index in [0.29, 0.717) is 19.2 Å². The third-order valence-electron chi connectivity index (χ3n) is 2.56. The fraction of sp³-hybridized carbons (Fsp3) is 0.900. The summed E-state index contributed by atoms with van der Waals surface area (Å²) in [5, 5.41) is 0. The van der Waals surface area contributed by atoms with Gasteiger partial charge in [0.15, 0.2) is 0 Å². The van der Waals surface area contributed by atoms with E-state index in [1.165, 1.54) is 0 Å². The quantitative estimate of drug-likeness (QED) is 0.741. The molecular weight excluding hydrogens is 212 g/mol. The standard InChI is InChI=1S/C10H20N2O2S/c1-8(11)10(13)12(4-5-14-2)9-3-6-15-7-9/h8-9H,3-7,11H2,1-2H3. The molecule has 0 bridgehead atoms. The third kappa shape index (κ3) is 3.66. The Bertz CT molecular complexity index is 206. The first-order chi connectivity index (χ1) is 7.16. The number of carbonyl (C=O) groups excluding carboxylic acids is 1. The first kappa shape index (κ1) is 12.8. The third-order valence-corrected chi connectivity index (χ3v) is 3.70. The Morgan fingerprint density at radius 2 is 2.47 bits per heavy atom. The summed E-state index contributed by atoms with van der Waals surface area (Å²) in [5.74, 6) is 2.21. The van der Waals surface area contributed by atoms with Crippen molar-refractivity contribution in [1.29, 1.82) is 0 Å². The van der Waals surface area contributed by atoms with Crippen LogP contribution >= 0.6 is 11.8 Å². The number of rotatable bonds is 5. The van der Waals surface area contributed by atoms with Gasteiger partial charge in [0.2, 0.25) is 5.91 Å². The number of nitrogens with zero attached hydrogens (tertiary/aromatic N) is 1. The lowest BCUT2D eigenvalue weighted by Gasteiger charge is -2.29. The lowest BCUT2D eigenvalue weighted by Crippen LogP contribution is -2.49. The number of amides is 1. The molecule has 0 aromatic rings. The summed E-state index contributed by atoms with van der Waals surface area (Å²) in [5.41, 5.74) is 5.64. The van der Waals surface area contributed by atoms with Gasteiger partial charge in [-0.15, -0.1) is 0 Å². The van der Waals surface area contributed by atoms with Crippen LogP contribution in [-0.2, 0) is 9.53 Å². The van der Waals surface area contributed by atoms with E-state index in [1.807, 2.05) is 16.7 Å². The van der Waals surface area contributed by atoms with E-state index in [-0.39, 0.29) is 5.91 Å². The molecule has 0 aliphatic carbocycles. The number of methoxy groups -OCH3 is 1. The minimum atomic E-state index is -0.410. The van der Waals surface area contributed by atoms with Crippen molar-refractivity contribution >= 4 is 17.7 Å². The molecule has 1 saturated heterocycles. The molecule has 2 atom stereocenters. The highest BCUT2D eigenvalue weighted by Crippen LogP contribution is 2.22. The maximum absolute atomic E-state index is 11.9. The SMILES string of the molecule is COCCN(C(=O)C(C)N)C1CCSC1. The summed E-state index contributed by atoms with van der Waals surface area (Å²) in [6.45, 7) is 2.98. The lowest BCUT2D eigenvalue weighted by atomic mass is 10.2. The van der Waals surface area contributed by atoms with Crippen molar-refractivity contribution < 1.29 is 9.53 Å². The van der Waals surface area contributed by atoms with Gasteiger partial charge in [-0.3, -0.25) is 4.79 Å². The molecule has 4 nitrogen and oxygen atoms in total. The van der Waals surface area contributed by atoms with Crippen LogP contribution in [0.5, 0.6) is 0 Å². The topological polar surface area (TPSA) is 55.6 Å². The Labute approximate surface area is 95.5 Å². The van der Waals surface area contributed by atoms with Gasteiger partial charge in [0.1, 0.15) is 0 Å². The molecule has 0 aromatic carbocycles. The van der Waals surface area contributed by atoms with Crippen molar-refractivity contribution in [3.8, 4) is 0 Å². The Morgan fingerprint density at radius 1 is 1.73 bits per heavy atom. The molecule has 5 heteroatoms. The largest absolute Gasteiger partial charge is 0.383 e.